The van der Waals surface area contributed by atoms with Crippen LogP contribution in [0.3, 0.4) is 0 Å². The Morgan fingerprint density at radius 2 is 1.83 bits per heavy atom. The maximum absolute atomic E-state index is 13.6. The molecule has 5 aromatic rings. The molecule has 176 valence electrons. The molecule has 0 aliphatic carbocycles. The number of thioether (sulfide) groups is 1. The maximum Gasteiger partial charge on any atom is 0.272 e. The van der Waals surface area contributed by atoms with Gasteiger partial charge in [0.15, 0.2) is 5.16 Å². The highest BCUT2D eigenvalue weighted by Crippen LogP contribution is 2.30. The van der Waals surface area contributed by atoms with E-state index in [1.165, 1.54) is 28.7 Å². The summed E-state index contributed by atoms with van der Waals surface area (Å²) in [5.41, 5.74) is 4.56. The summed E-state index contributed by atoms with van der Waals surface area (Å²) in [5.74, 6) is -0.00388. The fourth-order valence-corrected chi connectivity index (χ4v) is 5.71. The molecule has 0 aliphatic heterocycles. The van der Waals surface area contributed by atoms with E-state index < -0.39 is 0 Å². The van der Waals surface area contributed by atoms with Crippen molar-refractivity contribution in [3.8, 4) is 0 Å². The zero-order chi connectivity index (χ0) is 24.4. The first kappa shape index (κ1) is 23.3. The molecule has 0 fully saturated rings. The number of aromatic nitrogens is 3. The van der Waals surface area contributed by atoms with E-state index in [9.17, 15) is 9.59 Å². The highest BCUT2D eigenvalue weighted by atomic mass is 32.2. The third kappa shape index (κ3) is 4.85. The lowest BCUT2D eigenvalue weighted by atomic mass is 10.1. The van der Waals surface area contributed by atoms with E-state index in [-0.39, 0.29) is 17.2 Å². The molecule has 3 heterocycles. The molecule has 1 N–H and O–H groups in total. The first-order chi connectivity index (χ1) is 17.0. The Hall–Kier alpha value is -3.49. The molecule has 6 nitrogen and oxygen atoms in total. The Morgan fingerprint density at radius 1 is 1.06 bits per heavy atom. The molecule has 3 aromatic heterocycles. The number of hydrogen-bond acceptors (Lipinski definition) is 6. The van der Waals surface area contributed by atoms with Crippen LogP contribution >= 0.6 is 23.1 Å². The Balaban J connectivity index is 1.51. The molecule has 1 amide bonds. The van der Waals surface area contributed by atoms with Gasteiger partial charge in [0.05, 0.1) is 17.8 Å². The Labute approximate surface area is 211 Å². The number of rotatable bonds is 7. The lowest BCUT2D eigenvalue weighted by molar-refractivity contribution is -0.113. The van der Waals surface area contributed by atoms with E-state index in [0.29, 0.717) is 21.9 Å². The molecular formula is C27H24N4O2S2. The third-order valence-corrected chi connectivity index (χ3v) is 7.91. The number of anilines is 1. The number of nitrogens with one attached hydrogen (secondary N) is 1. The minimum atomic E-state index is -0.144. The van der Waals surface area contributed by atoms with Gasteiger partial charge in [-0.1, -0.05) is 61.2 Å². The summed E-state index contributed by atoms with van der Waals surface area (Å²) in [4.78, 5) is 36.4. The molecule has 0 saturated carbocycles. The highest BCUT2D eigenvalue weighted by Gasteiger charge is 2.18. The molecule has 35 heavy (non-hydrogen) atoms. The van der Waals surface area contributed by atoms with Crippen LogP contribution in [0.15, 0.2) is 76.8 Å². The van der Waals surface area contributed by atoms with Gasteiger partial charge >= 0.3 is 0 Å². The second-order valence-corrected chi connectivity index (χ2v) is 10.2. The van der Waals surface area contributed by atoms with Crippen molar-refractivity contribution >= 4 is 55.1 Å². The van der Waals surface area contributed by atoms with Gasteiger partial charge in [0.25, 0.3) is 5.56 Å². The van der Waals surface area contributed by atoms with Gasteiger partial charge in [-0.3, -0.25) is 14.2 Å². The zero-order valence-corrected chi connectivity index (χ0v) is 21.1. The van der Waals surface area contributed by atoms with Crippen LogP contribution in [-0.4, -0.2) is 26.2 Å². The van der Waals surface area contributed by atoms with E-state index in [1.54, 1.807) is 10.8 Å². The summed E-state index contributed by atoms with van der Waals surface area (Å²) < 4.78 is 2.25. The molecule has 0 spiro atoms. The van der Waals surface area contributed by atoms with Gasteiger partial charge in [0, 0.05) is 17.3 Å². The minimum absolute atomic E-state index is 0.112. The Morgan fingerprint density at radius 3 is 2.60 bits per heavy atom. The molecule has 0 aliphatic rings. The van der Waals surface area contributed by atoms with Crippen LogP contribution in [0, 0.1) is 6.92 Å². The van der Waals surface area contributed by atoms with Gasteiger partial charge in [0.2, 0.25) is 5.91 Å². The van der Waals surface area contributed by atoms with Crippen LogP contribution in [0.25, 0.3) is 20.4 Å². The van der Waals surface area contributed by atoms with Crippen molar-refractivity contribution in [1.29, 1.82) is 0 Å². The number of pyridine rings is 1. The van der Waals surface area contributed by atoms with E-state index in [4.69, 9.17) is 4.98 Å². The number of para-hydroxylation sites is 1. The lowest BCUT2D eigenvalue weighted by Crippen LogP contribution is -2.24. The van der Waals surface area contributed by atoms with Crippen LogP contribution < -0.4 is 10.9 Å². The summed E-state index contributed by atoms with van der Waals surface area (Å²) in [6.07, 6.45) is 2.68. The van der Waals surface area contributed by atoms with Gasteiger partial charge in [-0.05, 0) is 48.2 Å². The molecule has 5 rings (SSSR count). The summed E-state index contributed by atoms with van der Waals surface area (Å²) in [6, 6.07) is 19.7. The Kier molecular flexibility index (Phi) is 6.66. The van der Waals surface area contributed by atoms with Crippen LogP contribution in [0.1, 0.15) is 23.6 Å². The largest absolute Gasteiger partial charge is 0.325 e. The minimum Gasteiger partial charge on any atom is -0.325 e. The van der Waals surface area contributed by atoms with Crippen LogP contribution in [-0.2, 0) is 17.8 Å². The number of aryl methyl sites for hydroxylation is 2. The van der Waals surface area contributed by atoms with Crippen molar-refractivity contribution in [3.05, 3.63) is 93.9 Å². The number of nitrogens with zero attached hydrogens (tertiary/aromatic N) is 3. The summed E-state index contributed by atoms with van der Waals surface area (Å²) in [6.45, 7) is 4.45. The number of amides is 1. The Bertz CT molecular complexity index is 1590. The number of carbonyl (C=O) groups is 1. The molecule has 0 unspecified atom stereocenters. The molecule has 0 radical (unpaired) electrons. The second kappa shape index (κ2) is 10.0. The van der Waals surface area contributed by atoms with Crippen LogP contribution in [0.4, 0.5) is 5.69 Å². The third-order valence-electron chi connectivity index (χ3n) is 5.84. The number of benzene rings is 2. The van der Waals surface area contributed by atoms with Crippen molar-refractivity contribution in [3.63, 3.8) is 0 Å². The van der Waals surface area contributed by atoms with Crippen molar-refractivity contribution < 1.29 is 4.79 Å². The van der Waals surface area contributed by atoms with E-state index in [0.717, 1.165) is 33.5 Å². The summed E-state index contributed by atoms with van der Waals surface area (Å²) in [7, 11) is 0. The van der Waals surface area contributed by atoms with Crippen molar-refractivity contribution in [2.24, 2.45) is 0 Å². The van der Waals surface area contributed by atoms with Gasteiger partial charge in [0.1, 0.15) is 9.53 Å². The van der Waals surface area contributed by atoms with E-state index in [1.807, 2.05) is 55.5 Å². The van der Waals surface area contributed by atoms with Crippen molar-refractivity contribution in [2.75, 3.05) is 11.1 Å². The summed E-state index contributed by atoms with van der Waals surface area (Å²) in [5, 5.41) is 4.33. The van der Waals surface area contributed by atoms with E-state index >= 15 is 0 Å². The highest BCUT2D eigenvalue weighted by molar-refractivity contribution is 7.99. The molecule has 0 saturated heterocycles. The lowest BCUT2D eigenvalue weighted by Gasteiger charge is -2.13. The smallest absolute Gasteiger partial charge is 0.272 e. The monoisotopic (exact) mass is 500 g/mol. The number of fused-ring (bicyclic) bond motifs is 3. The molecular weight excluding hydrogens is 476 g/mol. The molecule has 0 atom stereocenters. The average molecular weight is 501 g/mol. The topological polar surface area (TPSA) is 76.9 Å². The van der Waals surface area contributed by atoms with Gasteiger partial charge in [-0.15, -0.1) is 11.3 Å². The van der Waals surface area contributed by atoms with Crippen LogP contribution in [0.2, 0.25) is 0 Å². The molecule has 0 bridgehead atoms. The van der Waals surface area contributed by atoms with Crippen molar-refractivity contribution in [1.82, 2.24) is 14.5 Å². The van der Waals surface area contributed by atoms with Crippen molar-refractivity contribution in [2.45, 2.75) is 32.0 Å². The number of hydrogen-bond donors (Lipinski definition) is 1. The van der Waals surface area contributed by atoms with Crippen LogP contribution in [0.5, 0.6) is 0 Å². The number of thiophene rings is 1. The predicted molar refractivity (Wildman–Crippen MR) is 145 cm³/mol. The predicted octanol–water partition coefficient (Wildman–Crippen LogP) is 5.66. The first-order valence-electron chi connectivity index (χ1n) is 11.4. The first-order valence-corrected chi connectivity index (χ1v) is 13.2. The average Bonchev–Trinajstić information content (AvgIpc) is 3.25. The normalized spacial score (nSPS) is 11.3. The molecule has 8 heteroatoms. The fraction of sp³-hybridized carbons (Fsp3) is 0.185. The van der Waals surface area contributed by atoms with Gasteiger partial charge in [-0.2, -0.15) is 0 Å². The standard InChI is InChI=1S/C27H24N4O2S2/c1-3-18-10-12-19(13-11-18)15-31-26(33)24-23(20-8-6-14-28-25(20)35-24)30-27(31)34-16-22(32)29-21-9-5-4-7-17(21)2/h4-14H,3,15-16H2,1-2H3,(H,29,32). The second-order valence-electron chi connectivity index (χ2n) is 8.24. The SMILES string of the molecule is CCc1ccc(Cn2c(SCC(=O)Nc3ccccc3C)nc3c(sc4ncccc43)c2=O)cc1. The fourth-order valence-electron chi connectivity index (χ4n) is 3.88. The zero-order valence-electron chi connectivity index (χ0n) is 19.4. The number of carbonyl (C=O) groups excluding carboxylic acids is 1. The van der Waals surface area contributed by atoms with Gasteiger partial charge < -0.3 is 5.32 Å². The quantitative estimate of drug-likeness (QED) is 0.231. The van der Waals surface area contributed by atoms with Gasteiger partial charge in [-0.25, -0.2) is 9.97 Å². The molecule has 2 aromatic carbocycles. The van der Waals surface area contributed by atoms with E-state index in [2.05, 4.69) is 29.4 Å². The maximum atomic E-state index is 13.6. The summed E-state index contributed by atoms with van der Waals surface area (Å²) >= 11 is 2.63.